The fourth-order valence-electron chi connectivity index (χ4n) is 2.08. The lowest BCUT2D eigenvalue weighted by atomic mass is 10.3. The second kappa shape index (κ2) is 7.84. The summed E-state index contributed by atoms with van der Waals surface area (Å²) >= 11 is 5.41. The van der Waals surface area contributed by atoms with Crippen molar-refractivity contribution in [2.45, 2.75) is 26.3 Å². The second-order valence-electron chi connectivity index (χ2n) is 4.63. The van der Waals surface area contributed by atoms with Crippen LogP contribution >= 0.6 is 12.2 Å². The maximum atomic E-state index is 5.41. The molecule has 1 saturated heterocycles. The summed E-state index contributed by atoms with van der Waals surface area (Å²) < 4.78 is 5.09. The third-order valence-electron chi connectivity index (χ3n) is 2.99. The molecule has 1 unspecified atom stereocenters. The van der Waals surface area contributed by atoms with Gasteiger partial charge < -0.3 is 15.0 Å². The van der Waals surface area contributed by atoms with Crippen LogP contribution in [0.1, 0.15) is 20.3 Å². The van der Waals surface area contributed by atoms with Crippen molar-refractivity contribution in [3.05, 3.63) is 0 Å². The van der Waals surface area contributed by atoms with E-state index in [9.17, 15) is 0 Å². The second-order valence-corrected chi connectivity index (χ2v) is 5.02. The molecule has 0 radical (unpaired) electrons. The first-order valence-corrected chi connectivity index (χ1v) is 6.85. The quantitative estimate of drug-likeness (QED) is 0.741. The van der Waals surface area contributed by atoms with Crippen LogP contribution in [-0.2, 0) is 4.74 Å². The largest absolute Gasteiger partial charge is 0.383 e. The lowest BCUT2D eigenvalue weighted by Crippen LogP contribution is -2.53. The van der Waals surface area contributed by atoms with E-state index in [0.717, 1.165) is 31.3 Å². The summed E-state index contributed by atoms with van der Waals surface area (Å²) in [6.45, 7) is 10.5. The van der Waals surface area contributed by atoms with Gasteiger partial charge in [-0.05, 0) is 32.1 Å². The molecular weight excluding hydrogens is 234 g/mol. The SMILES string of the molecule is CCCN1CCN(C(=S)NC(C)COC)CC1. The fourth-order valence-corrected chi connectivity index (χ4v) is 2.47. The molecule has 0 spiro atoms. The monoisotopic (exact) mass is 259 g/mol. The summed E-state index contributed by atoms with van der Waals surface area (Å²) in [5.41, 5.74) is 0. The average molecular weight is 259 g/mol. The van der Waals surface area contributed by atoms with Gasteiger partial charge in [-0.3, -0.25) is 4.90 Å². The zero-order valence-corrected chi connectivity index (χ0v) is 12.1. The molecule has 1 aliphatic heterocycles. The van der Waals surface area contributed by atoms with Crippen molar-refractivity contribution < 1.29 is 4.74 Å². The third kappa shape index (κ3) is 5.19. The number of thiocarbonyl (C=S) groups is 1. The summed E-state index contributed by atoms with van der Waals surface area (Å²) in [6.07, 6.45) is 1.23. The zero-order chi connectivity index (χ0) is 12.7. The molecule has 1 atom stereocenters. The van der Waals surface area contributed by atoms with E-state index in [-0.39, 0.29) is 6.04 Å². The van der Waals surface area contributed by atoms with E-state index in [1.165, 1.54) is 13.0 Å². The number of ether oxygens (including phenoxy) is 1. The normalized spacial score (nSPS) is 19.1. The van der Waals surface area contributed by atoms with Crippen LogP contribution in [0.5, 0.6) is 0 Å². The lowest BCUT2D eigenvalue weighted by molar-refractivity contribution is 0.168. The highest BCUT2D eigenvalue weighted by atomic mass is 32.1. The van der Waals surface area contributed by atoms with Crippen LogP contribution < -0.4 is 5.32 Å². The first-order valence-electron chi connectivity index (χ1n) is 6.44. The van der Waals surface area contributed by atoms with Gasteiger partial charge >= 0.3 is 0 Å². The van der Waals surface area contributed by atoms with Crippen LogP contribution in [0.2, 0.25) is 0 Å². The van der Waals surface area contributed by atoms with Crippen LogP contribution in [0.15, 0.2) is 0 Å². The summed E-state index contributed by atoms with van der Waals surface area (Å²) in [7, 11) is 1.71. The van der Waals surface area contributed by atoms with E-state index >= 15 is 0 Å². The number of hydrogen-bond acceptors (Lipinski definition) is 3. The number of piperazine rings is 1. The van der Waals surface area contributed by atoms with Crippen molar-refractivity contribution in [3.63, 3.8) is 0 Å². The Morgan fingerprint density at radius 3 is 2.53 bits per heavy atom. The Hall–Kier alpha value is -0.390. The van der Waals surface area contributed by atoms with Gasteiger partial charge in [0.2, 0.25) is 0 Å². The van der Waals surface area contributed by atoms with Crippen LogP contribution in [0.3, 0.4) is 0 Å². The molecule has 5 heteroatoms. The predicted molar refractivity (Wildman–Crippen MR) is 75.4 cm³/mol. The Morgan fingerprint density at radius 2 is 2.00 bits per heavy atom. The number of nitrogens with one attached hydrogen (secondary N) is 1. The van der Waals surface area contributed by atoms with Gasteiger partial charge in [0, 0.05) is 39.3 Å². The molecule has 0 bridgehead atoms. The molecule has 1 fully saturated rings. The summed E-state index contributed by atoms with van der Waals surface area (Å²) in [5, 5.41) is 4.18. The molecule has 1 aliphatic rings. The topological polar surface area (TPSA) is 27.7 Å². The number of rotatable bonds is 5. The van der Waals surface area contributed by atoms with Crippen LogP contribution in [-0.4, -0.2) is 67.4 Å². The van der Waals surface area contributed by atoms with Crippen molar-refractivity contribution in [1.29, 1.82) is 0 Å². The Balaban J connectivity index is 2.25. The standard InChI is InChI=1S/C12H25N3OS/c1-4-5-14-6-8-15(9-7-14)12(17)13-11(2)10-16-3/h11H,4-10H2,1-3H3,(H,13,17). The number of hydrogen-bond donors (Lipinski definition) is 1. The minimum atomic E-state index is 0.279. The van der Waals surface area contributed by atoms with Gasteiger partial charge in [-0.1, -0.05) is 6.92 Å². The van der Waals surface area contributed by atoms with E-state index in [2.05, 4.69) is 29.0 Å². The summed E-state index contributed by atoms with van der Waals surface area (Å²) in [5.74, 6) is 0. The van der Waals surface area contributed by atoms with Crippen molar-refractivity contribution >= 4 is 17.3 Å². The molecule has 100 valence electrons. The van der Waals surface area contributed by atoms with Crippen molar-refractivity contribution in [3.8, 4) is 0 Å². The maximum absolute atomic E-state index is 5.41. The Bertz CT molecular complexity index is 230. The molecule has 0 amide bonds. The van der Waals surface area contributed by atoms with Crippen LogP contribution in [0, 0.1) is 0 Å². The predicted octanol–water partition coefficient (Wildman–Crippen LogP) is 0.923. The van der Waals surface area contributed by atoms with Gasteiger partial charge in [-0.2, -0.15) is 0 Å². The van der Waals surface area contributed by atoms with Crippen molar-refractivity contribution in [2.24, 2.45) is 0 Å². The van der Waals surface area contributed by atoms with Crippen molar-refractivity contribution in [1.82, 2.24) is 15.1 Å². The lowest BCUT2D eigenvalue weighted by Gasteiger charge is -2.36. The maximum Gasteiger partial charge on any atom is 0.169 e. The van der Waals surface area contributed by atoms with E-state index in [1.54, 1.807) is 7.11 Å². The molecule has 17 heavy (non-hydrogen) atoms. The van der Waals surface area contributed by atoms with E-state index in [1.807, 2.05) is 0 Å². The van der Waals surface area contributed by atoms with Gasteiger partial charge in [0.15, 0.2) is 5.11 Å². The Kier molecular flexibility index (Phi) is 6.77. The average Bonchev–Trinajstić information content (AvgIpc) is 2.30. The van der Waals surface area contributed by atoms with Gasteiger partial charge in [0.25, 0.3) is 0 Å². The number of methoxy groups -OCH3 is 1. The molecule has 0 aromatic carbocycles. The highest BCUT2D eigenvalue weighted by Gasteiger charge is 2.18. The highest BCUT2D eigenvalue weighted by Crippen LogP contribution is 2.03. The van der Waals surface area contributed by atoms with Crippen molar-refractivity contribution in [2.75, 3.05) is 46.4 Å². The Morgan fingerprint density at radius 1 is 1.35 bits per heavy atom. The molecule has 0 aromatic heterocycles. The molecule has 0 aromatic rings. The van der Waals surface area contributed by atoms with Gasteiger partial charge in [0.1, 0.15) is 0 Å². The third-order valence-corrected chi connectivity index (χ3v) is 3.36. The minimum Gasteiger partial charge on any atom is -0.383 e. The molecule has 0 aliphatic carbocycles. The fraction of sp³-hybridized carbons (Fsp3) is 0.917. The molecule has 1 rings (SSSR count). The molecule has 4 nitrogen and oxygen atoms in total. The van der Waals surface area contributed by atoms with Crippen LogP contribution in [0.25, 0.3) is 0 Å². The van der Waals surface area contributed by atoms with E-state index < -0.39 is 0 Å². The van der Waals surface area contributed by atoms with Gasteiger partial charge in [-0.15, -0.1) is 0 Å². The van der Waals surface area contributed by atoms with E-state index in [0.29, 0.717) is 6.61 Å². The Labute approximate surface area is 110 Å². The molecule has 1 heterocycles. The first kappa shape index (κ1) is 14.7. The van der Waals surface area contributed by atoms with E-state index in [4.69, 9.17) is 17.0 Å². The highest BCUT2D eigenvalue weighted by molar-refractivity contribution is 7.80. The summed E-state index contributed by atoms with van der Waals surface area (Å²) in [4.78, 5) is 4.76. The smallest absolute Gasteiger partial charge is 0.169 e. The molecule has 0 saturated carbocycles. The molecule has 1 N–H and O–H groups in total. The first-order chi connectivity index (χ1) is 8.17. The van der Waals surface area contributed by atoms with Gasteiger partial charge in [-0.25, -0.2) is 0 Å². The minimum absolute atomic E-state index is 0.279. The number of nitrogens with zero attached hydrogens (tertiary/aromatic N) is 2. The molecular formula is C12H25N3OS. The van der Waals surface area contributed by atoms with Crippen LogP contribution in [0.4, 0.5) is 0 Å². The zero-order valence-electron chi connectivity index (χ0n) is 11.2. The summed E-state index contributed by atoms with van der Waals surface area (Å²) in [6, 6.07) is 0.279. The van der Waals surface area contributed by atoms with Gasteiger partial charge in [0.05, 0.1) is 6.61 Å².